The van der Waals surface area contributed by atoms with Gasteiger partial charge in [0.1, 0.15) is 12.4 Å². The number of rotatable bonds is 3. The van der Waals surface area contributed by atoms with Crippen LogP contribution in [0.5, 0.6) is 0 Å². The molecule has 0 radical (unpaired) electrons. The van der Waals surface area contributed by atoms with Crippen molar-refractivity contribution in [3.8, 4) is 0 Å². The Morgan fingerprint density at radius 1 is 1.20 bits per heavy atom. The summed E-state index contributed by atoms with van der Waals surface area (Å²) in [6.45, 7) is 0.314. The van der Waals surface area contributed by atoms with Gasteiger partial charge in [0, 0.05) is 12.2 Å². The number of nitrogen functional groups attached to an aromatic ring is 1. The molecule has 25 heavy (non-hydrogen) atoms. The molecule has 1 fully saturated rings. The second kappa shape index (κ2) is 6.59. The summed E-state index contributed by atoms with van der Waals surface area (Å²) < 4.78 is 5.53. The Balaban J connectivity index is 1.46. The second-order valence-corrected chi connectivity index (χ2v) is 6.61. The zero-order valence-corrected chi connectivity index (χ0v) is 14.0. The zero-order chi connectivity index (χ0) is 17.2. The van der Waals surface area contributed by atoms with Gasteiger partial charge >= 0.3 is 6.09 Å². The highest BCUT2D eigenvalue weighted by atomic mass is 16.6. The van der Waals surface area contributed by atoms with Crippen molar-refractivity contribution in [1.82, 2.24) is 9.88 Å². The van der Waals surface area contributed by atoms with Crippen LogP contribution in [-0.4, -0.2) is 28.1 Å². The number of aromatic nitrogens is 1. The minimum absolute atomic E-state index is 0.106. The summed E-state index contributed by atoms with van der Waals surface area (Å²) in [5.41, 5.74) is 9.00. The van der Waals surface area contributed by atoms with Crippen molar-refractivity contribution >= 4 is 17.5 Å². The monoisotopic (exact) mass is 335 g/mol. The molecule has 2 aromatic rings. The molecule has 2 aliphatic heterocycles. The highest BCUT2D eigenvalue weighted by molar-refractivity contribution is 5.75. The maximum atomic E-state index is 12.6. The third kappa shape index (κ3) is 3.22. The summed E-state index contributed by atoms with van der Waals surface area (Å²) in [7, 11) is 0. The number of carbonyl (C=O) groups excluding carboxylic acids is 1. The summed E-state index contributed by atoms with van der Waals surface area (Å²) in [5, 5.41) is 0. The Morgan fingerprint density at radius 2 is 2.04 bits per heavy atom. The first-order valence-electron chi connectivity index (χ1n) is 8.62. The summed E-state index contributed by atoms with van der Waals surface area (Å²) in [6, 6.07) is 13.9. The average Bonchev–Trinajstić information content (AvgIpc) is 2.91. The summed E-state index contributed by atoms with van der Waals surface area (Å²) >= 11 is 0. The Hall–Kier alpha value is -2.82. The Labute approximate surface area is 147 Å². The number of anilines is 1. The predicted octanol–water partition coefficient (Wildman–Crippen LogP) is 3.62. The number of hydrogen-bond donors (Lipinski definition) is 1. The molecule has 3 heterocycles. The molecule has 0 saturated carbocycles. The van der Waals surface area contributed by atoms with Crippen LogP contribution in [0, 0.1) is 0 Å². The van der Waals surface area contributed by atoms with E-state index in [2.05, 4.69) is 11.1 Å². The van der Waals surface area contributed by atoms with Crippen LogP contribution in [0.4, 0.5) is 10.6 Å². The first-order valence-corrected chi connectivity index (χ1v) is 8.62. The van der Waals surface area contributed by atoms with Crippen LogP contribution >= 0.6 is 0 Å². The number of fused-ring (bicyclic) bond motifs is 2. The van der Waals surface area contributed by atoms with Crippen LogP contribution in [0.15, 0.2) is 54.7 Å². The van der Waals surface area contributed by atoms with E-state index in [1.165, 1.54) is 5.57 Å². The number of pyridine rings is 1. The molecule has 5 heteroatoms. The van der Waals surface area contributed by atoms with Gasteiger partial charge in [-0.1, -0.05) is 36.4 Å². The lowest BCUT2D eigenvalue weighted by Crippen LogP contribution is -2.43. The van der Waals surface area contributed by atoms with Crippen LogP contribution in [0.3, 0.4) is 0 Å². The van der Waals surface area contributed by atoms with E-state index in [1.54, 1.807) is 0 Å². The van der Waals surface area contributed by atoms with Crippen molar-refractivity contribution < 1.29 is 9.53 Å². The van der Waals surface area contributed by atoms with Crippen LogP contribution in [-0.2, 0) is 11.3 Å². The molecule has 1 aromatic heterocycles. The first-order chi connectivity index (χ1) is 12.2. The molecule has 4 rings (SSSR count). The maximum absolute atomic E-state index is 12.6. The van der Waals surface area contributed by atoms with Gasteiger partial charge in [0.2, 0.25) is 0 Å². The van der Waals surface area contributed by atoms with Gasteiger partial charge in [0.05, 0.1) is 6.04 Å². The third-order valence-electron chi connectivity index (χ3n) is 4.97. The normalized spacial score (nSPS) is 21.8. The Morgan fingerprint density at radius 3 is 2.76 bits per heavy atom. The van der Waals surface area contributed by atoms with Gasteiger partial charge in [-0.05, 0) is 48.1 Å². The van der Waals surface area contributed by atoms with Gasteiger partial charge in [0.15, 0.2) is 0 Å². The number of amides is 1. The van der Waals surface area contributed by atoms with Crippen molar-refractivity contribution in [2.75, 3.05) is 5.73 Å². The maximum Gasteiger partial charge on any atom is 0.410 e. The topological polar surface area (TPSA) is 68.5 Å². The lowest BCUT2D eigenvalue weighted by Gasteiger charge is -2.33. The first kappa shape index (κ1) is 15.7. The molecule has 2 N–H and O–H groups in total. The fourth-order valence-corrected chi connectivity index (χ4v) is 3.72. The van der Waals surface area contributed by atoms with Crippen molar-refractivity contribution in [1.29, 1.82) is 0 Å². The molecule has 2 bridgehead atoms. The number of carbonyl (C=O) groups is 1. The van der Waals surface area contributed by atoms with Gasteiger partial charge in [0.25, 0.3) is 0 Å². The van der Waals surface area contributed by atoms with E-state index in [0.717, 1.165) is 30.4 Å². The lowest BCUT2D eigenvalue weighted by molar-refractivity contribution is 0.0832. The number of hydrogen-bond acceptors (Lipinski definition) is 4. The summed E-state index contributed by atoms with van der Waals surface area (Å²) in [5.74, 6) is 0.522. The molecule has 0 spiro atoms. The molecular weight excluding hydrogens is 314 g/mol. The average molecular weight is 335 g/mol. The summed E-state index contributed by atoms with van der Waals surface area (Å²) in [6.07, 6.45) is 6.60. The van der Waals surface area contributed by atoms with Crippen LogP contribution in [0.25, 0.3) is 5.57 Å². The second-order valence-electron chi connectivity index (χ2n) is 6.61. The number of ether oxygens (including phenoxy) is 1. The van der Waals surface area contributed by atoms with E-state index in [0.29, 0.717) is 12.4 Å². The minimum atomic E-state index is -0.220. The van der Waals surface area contributed by atoms with Crippen LogP contribution in [0.1, 0.15) is 30.4 Å². The van der Waals surface area contributed by atoms with Gasteiger partial charge in [-0.2, -0.15) is 0 Å². The third-order valence-corrected chi connectivity index (χ3v) is 4.97. The van der Waals surface area contributed by atoms with Gasteiger partial charge < -0.3 is 10.5 Å². The highest BCUT2D eigenvalue weighted by Crippen LogP contribution is 2.38. The molecular formula is C20H21N3O2. The van der Waals surface area contributed by atoms with Crippen LogP contribution < -0.4 is 5.73 Å². The lowest BCUT2D eigenvalue weighted by atomic mass is 9.96. The standard InChI is InChI=1S/C20H21N3O2/c21-19-9-6-15(12-22-19)16-10-17-7-8-18(11-16)23(17)20(24)25-13-14-4-2-1-3-5-14/h1-6,9-10,12,17-18H,7-8,11,13H2,(H2,21,22). The Bertz CT molecular complexity index is 786. The van der Waals surface area contributed by atoms with Crippen LogP contribution in [0.2, 0.25) is 0 Å². The molecule has 2 aliphatic rings. The predicted molar refractivity (Wildman–Crippen MR) is 96.5 cm³/mol. The molecule has 0 aliphatic carbocycles. The van der Waals surface area contributed by atoms with E-state index < -0.39 is 0 Å². The molecule has 128 valence electrons. The SMILES string of the molecule is Nc1ccc(C2=CC3CCC(C2)N3C(=O)OCc2ccccc2)cn1. The number of nitrogens with two attached hydrogens (primary N) is 1. The van der Waals surface area contributed by atoms with E-state index in [4.69, 9.17) is 10.5 Å². The molecule has 2 unspecified atom stereocenters. The van der Waals surface area contributed by atoms with Crippen molar-refractivity contribution in [3.05, 3.63) is 65.9 Å². The highest BCUT2D eigenvalue weighted by Gasteiger charge is 2.40. The number of nitrogens with zero attached hydrogens (tertiary/aromatic N) is 2. The van der Waals surface area contributed by atoms with E-state index in [1.807, 2.05) is 53.6 Å². The van der Waals surface area contributed by atoms with E-state index >= 15 is 0 Å². The van der Waals surface area contributed by atoms with Gasteiger partial charge in [-0.3, -0.25) is 4.90 Å². The van der Waals surface area contributed by atoms with Gasteiger partial charge in [-0.25, -0.2) is 9.78 Å². The molecule has 5 nitrogen and oxygen atoms in total. The fraction of sp³-hybridized carbons (Fsp3) is 0.300. The summed E-state index contributed by atoms with van der Waals surface area (Å²) in [4.78, 5) is 18.6. The molecule has 1 aromatic carbocycles. The molecule has 1 amide bonds. The Kier molecular flexibility index (Phi) is 4.14. The van der Waals surface area contributed by atoms with E-state index in [-0.39, 0.29) is 18.2 Å². The smallest absolute Gasteiger partial charge is 0.410 e. The minimum Gasteiger partial charge on any atom is -0.445 e. The molecule has 1 saturated heterocycles. The zero-order valence-electron chi connectivity index (χ0n) is 14.0. The largest absolute Gasteiger partial charge is 0.445 e. The number of benzene rings is 1. The van der Waals surface area contributed by atoms with Crippen molar-refractivity contribution in [2.45, 2.75) is 38.0 Å². The van der Waals surface area contributed by atoms with Gasteiger partial charge in [-0.15, -0.1) is 0 Å². The van der Waals surface area contributed by atoms with E-state index in [9.17, 15) is 4.79 Å². The quantitative estimate of drug-likeness (QED) is 0.930. The molecule has 2 atom stereocenters. The fourth-order valence-electron chi connectivity index (χ4n) is 3.72. The van der Waals surface area contributed by atoms with Crippen molar-refractivity contribution in [2.24, 2.45) is 0 Å². The van der Waals surface area contributed by atoms with Crippen molar-refractivity contribution in [3.63, 3.8) is 0 Å².